The second kappa shape index (κ2) is 6.88. The molecule has 1 heterocycles. The van der Waals surface area contributed by atoms with E-state index in [4.69, 9.17) is 0 Å². The van der Waals surface area contributed by atoms with E-state index in [-0.39, 0.29) is 0 Å². The molecule has 0 aromatic heterocycles. The fourth-order valence-corrected chi connectivity index (χ4v) is 3.07. The minimum absolute atomic E-state index is 0.548. The third kappa shape index (κ3) is 3.93. The van der Waals surface area contributed by atoms with E-state index in [1.54, 1.807) is 0 Å². The Labute approximate surface area is 127 Å². The summed E-state index contributed by atoms with van der Waals surface area (Å²) in [7, 11) is 0. The molecule has 3 rings (SSSR count). The van der Waals surface area contributed by atoms with Crippen molar-refractivity contribution in [1.82, 2.24) is 10.2 Å². The zero-order chi connectivity index (χ0) is 14.5. The van der Waals surface area contributed by atoms with E-state index in [1.807, 2.05) is 0 Å². The minimum atomic E-state index is 0.548. The van der Waals surface area contributed by atoms with Crippen LogP contribution < -0.4 is 5.32 Å². The molecule has 0 unspecified atom stereocenters. The predicted octanol–water partition coefficient (Wildman–Crippen LogP) is 3.09. The van der Waals surface area contributed by atoms with Crippen LogP contribution in [-0.2, 0) is 13.0 Å². The number of benzene rings is 2. The first-order valence-corrected chi connectivity index (χ1v) is 7.86. The number of piperazine rings is 1. The Hall–Kier alpha value is -1.64. The van der Waals surface area contributed by atoms with Crippen LogP contribution in [0.1, 0.15) is 18.1 Å². The number of rotatable bonds is 4. The Morgan fingerprint density at radius 2 is 1.57 bits per heavy atom. The Bertz CT molecular complexity index is 538. The quantitative estimate of drug-likeness (QED) is 0.926. The van der Waals surface area contributed by atoms with Gasteiger partial charge in [0.1, 0.15) is 0 Å². The summed E-state index contributed by atoms with van der Waals surface area (Å²) in [6, 6.07) is 22.7. The number of hydrogen-bond donors (Lipinski definition) is 1. The van der Waals surface area contributed by atoms with E-state index < -0.39 is 0 Å². The zero-order valence-electron chi connectivity index (χ0n) is 12.7. The second-order valence-corrected chi connectivity index (χ2v) is 6.06. The van der Waals surface area contributed by atoms with E-state index in [1.165, 1.54) is 11.1 Å². The molecule has 0 aliphatic carbocycles. The fourth-order valence-electron chi connectivity index (χ4n) is 3.07. The first-order chi connectivity index (χ1) is 10.3. The summed E-state index contributed by atoms with van der Waals surface area (Å²) >= 11 is 0. The molecule has 2 aromatic carbocycles. The van der Waals surface area contributed by atoms with Crippen molar-refractivity contribution in [3.63, 3.8) is 0 Å². The second-order valence-electron chi connectivity index (χ2n) is 6.06. The van der Waals surface area contributed by atoms with Crippen molar-refractivity contribution < 1.29 is 0 Å². The third-order valence-corrected chi connectivity index (χ3v) is 4.33. The molecule has 0 bridgehead atoms. The van der Waals surface area contributed by atoms with Gasteiger partial charge in [0.2, 0.25) is 0 Å². The Kier molecular flexibility index (Phi) is 4.69. The highest BCUT2D eigenvalue weighted by Gasteiger charge is 2.24. The van der Waals surface area contributed by atoms with Gasteiger partial charge in [-0.1, -0.05) is 60.7 Å². The summed E-state index contributed by atoms with van der Waals surface area (Å²) in [5, 5.41) is 3.69. The largest absolute Gasteiger partial charge is 0.311 e. The molecule has 1 fully saturated rings. The van der Waals surface area contributed by atoms with E-state index in [9.17, 15) is 0 Å². The molecule has 0 amide bonds. The van der Waals surface area contributed by atoms with Crippen LogP contribution in [-0.4, -0.2) is 30.1 Å². The molecular weight excluding hydrogens is 256 g/mol. The van der Waals surface area contributed by atoms with Gasteiger partial charge in [-0.25, -0.2) is 0 Å². The van der Waals surface area contributed by atoms with Gasteiger partial charge in [0.05, 0.1) is 0 Å². The average molecular weight is 280 g/mol. The molecule has 1 aliphatic heterocycles. The zero-order valence-corrected chi connectivity index (χ0v) is 12.7. The molecule has 0 radical (unpaired) electrons. The number of nitrogens with zero attached hydrogens (tertiary/aromatic N) is 1. The van der Waals surface area contributed by atoms with Gasteiger partial charge in [0.25, 0.3) is 0 Å². The fraction of sp³-hybridized carbons (Fsp3) is 0.368. The lowest BCUT2D eigenvalue weighted by molar-refractivity contribution is 0.133. The van der Waals surface area contributed by atoms with Gasteiger partial charge >= 0.3 is 0 Å². The summed E-state index contributed by atoms with van der Waals surface area (Å²) in [5.74, 6) is 0. The maximum atomic E-state index is 3.69. The van der Waals surface area contributed by atoms with Crippen molar-refractivity contribution in [2.24, 2.45) is 0 Å². The monoisotopic (exact) mass is 280 g/mol. The minimum Gasteiger partial charge on any atom is -0.311 e. The van der Waals surface area contributed by atoms with Crippen LogP contribution in [0.15, 0.2) is 60.7 Å². The van der Waals surface area contributed by atoms with Crippen molar-refractivity contribution in [3.05, 3.63) is 71.8 Å². The first kappa shape index (κ1) is 14.3. The predicted molar refractivity (Wildman–Crippen MR) is 88.3 cm³/mol. The van der Waals surface area contributed by atoms with Crippen molar-refractivity contribution >= 4 is 0 Å². The molecule has 0 saturated carbocycles. The highest BCUT2D eigenvalue weighted by molar-refractivity contribution is 5.17. The van der Waals surface area contributed by atoms with Gasteiger partial charge in [-0.3, -0.25) is 4.90 Å². The maximum absolute atomic E-state index is 3.69. The van der Waals surface area contributed by atoms with Gasteiger partial charge in [-0.2, -0.15) is 0 Å². The van der Waals surface area contributed by atoms with Crippen LogP contribution in [0.3, 0.4) is 0 Å². The van der Waals surface area contributed by atoms with Crippen molar-refractivity contribution in [2.75, 3.05) is 13.1 Å². The molecular formula is C19H24N2. The standard InChI is InChI=1S/C19H24N2/c1-16-13-20-19(12-17-8-4-2-5-9-17)15-21(16)14-18-10-6-3-7-11-18/h2-11,16,19-20H,12-15H2,1H3/t16-,19+/m0/s1. The maximum Gasteiger partial charge on any atom is 0.0237 e. The van der Waals surface area contributed by atoms with Crippen LogP contribution >= 0.6 is 0 Å². The summed E-state index contributed by atoms with van der Waals surface area (Å²) in [5.41, 5.74) is 2.83. The van der Waals surface area contributed by atoms with Gasteiger partial charge in [0.15, 0.2) is 0 Å². The lowest BCUT2D eigenvalue weighted by Gasteiger charge is -2.39. The van der Waals surface area contributed by atoms with E-state index >= 15 is 0 Å². The van der Waals surface area contributed by atoms with E-state index in [0.29, 0.717) is 12.1 Å². The molecule has 2 nitrogen and oxygen atoms in total. The third-order valence-electron chi connectivity index (χ3n) is 4.33. The molecule has 21 heavy (non-hydrogen) atoms. The highest BCUT2D eigenvalue weighted by atomic mass is 15.2. The Balaban J connectivity index is 1.62. The van der Waals surface area contributed by atoms with Gasteiger partial charge in [-0.15, -0.1) is 0 Å². The van der Waals surface area contributed by atoms with E-state index in [0.717, 1.165) is 26.1 Å². The van der Waals surface area contributed by atoms with Crippen LogP contribution in [0.5, 0.6) is 0 Å². The molecule has 1 saturated heterocycles. The topological polar surface area (TPSA) is 15.3 Å². The summed E-state index contributed by atoms with van der Waals surface area (Å²) in [6.07, 6.45) is 1.11. The van der Waals surface area contributed by atoms with Crippen LogP contribution in [0.2, 0.25) is 0 Å². The highest BCUT2D eigenvalue weighted by Crippen LogP contribution is 2.14. The summed E-state index contributed by atoms with van der Waals surface area (Å²) in [4.78, 5) is 2.60. The molecule has 1 aliphatic rings. The van der Waals surface area contributed by atoms with Crippen LogP contribution in [0.25, 0.3) is 0 Å². The van der Waals surface area contributed by atoms with Crippen molar-refractivity contribution in [1.29, 1.82) is 0 Å². The van der Waals surface area contributed by atoms with Gasteiger partial charge < -0.3 is 5.32 Å². The van der Waals surface area contributed by atoms with Crippen LogP contribution in [0, 0.1) is 0 Å². The van der Waals surface area contributed by atoms with Crippen molar-refractivity contribution in [3.8, 4) is 0 Å². The Morgan fingerprint density at radius 3 is 2.24 bits per heavy atom. The molecule has 1 N–H and O–H groups in total. The normalized spacial score (nSPS) is 23.1. The Morgan fingerprint density at radius 1 is 0.952 bits per heavy atom. The number of hydrogen-bond acceptors (Lipinski definition) is 2. The van der Waals surface area contributed by atoms with E-state index in [2.05, 4.69) is 77.8 Å². The molecule has 110 valence electrons. The van der Waals surface area contributed by atoms with Gasteiger partial charge in [-0.05, 0) is 24.5 Å². The average Bonchev–Trinajstić information content (AvgIpc) is 2.53. The molecule has 2 aromatic rings. The molecule has 2 atom stereocenters. The summed E-state index contributed by atoms with van der Waals surface area (Å²) < 4.78 is 0. The summed E-state index contributed by atoms with van der Waals surface area (Å²) in [6.45, 7) is 5.55. The smallest absolute Gasteiger partial charge is 0.0237 e. The lowest BCUT2D eigenvalue weighted by atomic mass is 10.0. The number of nitrogens with one attached hydrogen (secondary N) is 1. The molecule has 2 heteroatoms. The SMILES string of the molecule is C[C@H]1CN[C@H](Cc2ccccc2)CN1Cc1ccccc1. The van der Waals surface area contributed by atoms with Crippen molar-refractivity contribution in [2.45, 2.75) is 32.0 Å². The molecule has 0 spiro atoms. The van der Waals surface area contributed by atoms with Gasteiger partial charge in [0, 0.05) is 31.7 Å². The lowest BCUT2D eigenvalue weighted by Crippen LogP contribution is -2.55. The first-order valence-electron chi connectivity index (χ1n) is 7.86. The van der Waals surface area contributed by atoms with Crippen LogP contribution in [0.4, 0.5) is 0 Å².